The maximum Gasteiger partial charge on any atom is 0.241 e. The second-order valence-electron chi connectivity index (χ2n) is 6.79. The minimum absolute atomic E-state index is 0.168. The third-order valence-electron chi connectivity index (χ3n) is 4.35. The van der Waals surface area contributed by atoms with E-state index in [1.807, 2.05) is 54.9 Å². The number of aryl methyl sites for hydroxylation is 3. The number of nitrogens with one attached hydrogen (secondary N) is 1. The lowest BCUT2D eigenvalue weighted by molar-refractivity contribution is -0.121. The predicted molar refractivity (Wildman–Crippen MR) is 119 cm³/mol. The molecule has 6 nitrogen and oxygen atoms in total. The molecule has 8 heteroatoms. The zero-order chi connectivity index (χ0) is 21.5. The van der Waals surface area contributed by atoms with E-state index in [9.17, 15) is 4.79 Å². The summed E-state index contributed by atoms with van der Waals surface area (Å²) in [7, 11) is 0. The number of rotatable bonds is 8. The fourth-order valence-electron chi connectivity index (χ4n) is 2.79. The van der Waals surface area contributed by atoms with Gasteiger partial charge in [0.05, 0.1) is 18.5 Å². The lowest BCUT2D eigenvalue weighted by Gasteiger charge is -2.08. The van der Waals surface area contributed by atoms with Crippen molar-refractivity contribution in [2.45, 2.75) is 33.4 Å². The van der Waals surface area contributed by atoms with Gasteiger partial charge < -0.3 is 4.74 Å². The van der Waals surface area contributed by atoms with Crippen LogP contribution in [0.4, 0.5) is 0 Å². The molecule has 1 amide bonds. The molecule has 30 heavy (non-hydrogen) atoms. The van der Waals surface area contributed by atoms with Gasteiger partial charge in [-0.25, -0.2) is 5.43 Å². The minimum atomic E-state index is -0.168. The monoisotopic (exact) mass is 444 g/mol. The van der Waals surface area contributed by atoms with Gasteiger partial charge in [-0.1, -0.05) is 29.3 Å². The Labute approximate surface area is 185 Å². The molecule has 0 saturated heterocycles. The Balaban J connectivity index is 1.44. The average Bonchev–Trinajstić information content (AvgIpc) is 3.04. The van der Waals surface area contributed by atoms with Gasteiger partial charge in [0, 0.05) is 27.7 Å². The van der Waals surface area contributed by atoms with Crippen molar-refractivity contribution in [1.82, 2.24) is 15.2 Å². The first-order valence-corrected chi connectivity index (χ1v) is 10.2. The Hall–Kier alpha value is -2.83. The number of carbonyl (C=O) groups excluding carboxylic acids is 1. The van der Waals surface area contributed by atoms with E-state index in [1.165, 1.54) is 0 Å². The molecule has 2 aromatic carbocycles. The van der Waals surface area contributed by atoms with E-state index in [0.29, 0.717) is 35.4 Å². The molecule has 0 radical (unpaired) electrons. The number of aromatic nitrogens is 2. The Morgan fingerprint density at radius 2 is 1.93 bits per heavy atom. The lowest BCUT2D eigenvalue weighted by atomic mass is 10.2. The smallest absolute Gasteiger partial charge is 0.241 e. The quantitative estimate of drug-likeness (QED) is 0.395. The molecular weight excluding hydrogens is 423 g/mol. The molecule has 0 aliphatic carbocycles. The molecule has 3 aromatic rings. The number of ether oxygens (including phenoxy) is 1. The summed E-state index contributed by atoms with van der Waals surface area (Å²) >= 11 is 12.0. The van der Waals surface area contributed by atoms with E-state index in [-0.39, 0.29) is 5.91 Å². The Kier molecular flexibility index (Phi) is 7.49. The molecule has 156 valence electrons. The van der Waals surface area contributed by atoms with E-state index in [2.05, 4.69) is 15.6 Å². The van der Waals surface area contributed by atoms with Crippen molar-refractivity contribution in [1.29, 1.82) is 0 Å². The average molecular weight is 445 g/mol. The van der Waals surface area contributed by atoms with Gasteiger partial charge in [-0.15, -0.1) is 0 Å². The Morgan fingerprint density at radius 1 is 1.17 bits per heavy atom. The van der Waals surface area contributed by atoms with Gasteiger partial charge in [-0.3, -0.25) is 9.48 Å². The number of hydrazone groups is 1. The first-order chi connectivity index (χ1) is 14.4. The van der Waals surface area contributed by atoms with Crippen LogP contribution in [-0.2, 0) is 17.9 Å². The largest absolute Gasteiger partial charge is 0.489 e. The number of carbonyl (C=O) groups is 1. The SMILES string of the molecule is Cc1cc(C)n(CCC(=O)N/N=C/c2ccc(OCc3ccc(Cl)cc3Cl)cc2)n1. The van der Waals surface area contributed by atoms with Crippen molar-refractivity contribution in [3.8, 4) is 5.75 Å². The molecule has 0 saturated carbocycles. The molecular formula is C22H22Cl2N4O2. The number of hydrogen-bond acceptors (Lipinski definition) is 4. The highest BCUT2D eigenvalue weighted by molar-refractivity contribution is 6.35. The van der Waals surface area contributed by atoms with Gasteiger partial charge in [0.25, 0.3) is 0 Å². The summed E-state index contributed by atoms with van der Waals surface area (Å²) < 4.78 is 7.56. The molecule has 0 bridgehead atoms. The Bertz CT molecular complexity index is 1050. The number of nitrogens with zero attached hydrogens (tertiary/aromatic N) is 3. The van der Waals surface area contributed by atoms with Crippen molar-refractivity contribution in [3.63, 3.8) is 0 Å². The van der Waals surface area contributed by atoms with E-state index < -0.39 is 0 Å². The number of amides is 1. The van der Waals surface area contributed by atoms with Crippen LogP contribution < -0.4 is 10.2 Å². The fraction of sp³-hybridized carbons (Fsp3) is 0.227. The standard InChI is InChI=1S/C22H22Cl2N4O2/c1-15-11-16(2)28(27-15)10-9-22(29)26-25-13-17-3-7-20(8-4-17)30-14-18-5-6-19(23)12-21(18)24/h3-8,11-13H,9-10,14H2,1-2H3,(H,26,29)/b25-13+. The summed E-state index contributed by atoms with van der Waals surface area (Å²) in [5.41, 5.74) is 6.20. The molecule has 0 spiro atoms. The van der Waals surface area contributed by atoms with Crippen LogP contribution in [0.2, 0.25) is 10.0 Å². The number of benzene rings is 2. The normalized spacial score (nSPS) is 11.1. The molecule has 1 aromatic heterocycles. The summed E-state index contributed by atoms with van der Waals surface area (Å²) in [6.07, 6.45) is 1.89. The van der Waals surface area contributed by atoms with Crippen LogP contribution in [0.15, 0.2) is 53.6 Å². The first-order valence-electron chi connectivity index (χ1n) is 9.40. The molecule has 1 N–H and O–H groups in total. The summed E-state index contributed by atoms with van der Waals surface area (Å²) in [4.78, 5) is 11.9. The lowest BCUT2D eigenvalue weighted by Crippen LogP contribution is -2.20. The van der Waals surface area contributed by atoms with Crippen molar-refractivity contribution >= 4 is 35.3 Å². The zero-order valence-corrected chi connectivity index (χ0v) is 18.2. The molecule has 0 atom stereocenters. The van der Waals surface area contributed by atoms with Gasteiger partial charge in [0.1, 0.15) is 12.4 Å². The number of hydrogen-bond donors (Lipinski definition) is 1. The van der Waals surface area contributed by atoms with Crippen molar-refractivity contribution in [2.24, 2.45) is 5.10 Å². The maximum absolute atomic E-state index is 11.9. The zero-order valence-electron chi connectivity index (χ0n) is 16.7. The minimum Gasteiger partial charge on any atom is -0.489 e. The topological polar surface area (TPSA) is 68.5 Å². The van der Waals surface area contributed by atoms with Crippen LogP contribution in [0.5, 0.6) is 5.75 Å². The first kappa shape index (κ1) is 21.9. The van der Waals surface area contributed by atoms with E-state index in [4.69, 9.17) is 27.9 Å². The molecule has 0 fully saturated rings. The summed E-state index contributed by atoms with van der Waals surface area (Å²) in [5.74, 6) is 0.533. The molecule has 0 unspecified atom stereocenters. The maximum atomic E-state index is 11.9. The van der Waals surface area contributed by atoms with Gasteiger partial charge in [0.2, 0.25) is 5.91 Å². The van der Waals surface area contributed by atoms with Crippen molar-refractivity contribution in [2.75, 3.05) is 0 Å². The molecule has 3 rings (SSSR count). The van der Waals surface area contributed by atoms with Crippen molar-refractivity contribution in [3.05, 3.63) is 81.1 Å². The van der Waals surface area contributed by atoms with Crippen LogP contribution in [0.25, 0.3) is 0 Å². The van der Waals surface area contributed by atoms with Crippen molar-refractivity contribution < 1.29 is 9.53 Å². The van der Waals surface area contributed by atoms with E-state index in [1.54, 1.807) is 18.3 Å². The second-order valence-corrected chi connectivity index (χ2v) is 7.63. The third-order valence-corrected chi connectivity index (χ3v) is 4.93. The van der Waals surface area contributed by atoms with Crippen LogP contribution in [0, 0.1) is 13.8 Å². The van der Waals surface area contributed by atoms with E-state index in [0.717, 1.165) is 22.5 Å². The molecule has 0 aliphatic heterocycles. The highest BCUT2D eigenvalue weighted by atomic mass is 35.5. The third kappa shape index (κ3) is 6.34. The Morgan fingerprint density at radius 3 is 2.60 bits per heavy atom. The van der Waals surface area contributed by atoms with Crippen LogP contribution in [0.1, 0.15) is 28.9 Å². The molecule has 1 heterocycles. The highest BCUT2D eigenvalue weighted by Crippen LogP contribution is 2.22. The predicted octanol–water partition coefficient (Wildman–Crippen LogP) is 4.93. The van der Waals surface area contributed by atoms with Gasteiger partial charge >= 0.3 is 0 Å². The highest BCUT2D eigenvalue weighted by Gasteiger charge is 2.05. The van der Waals surface area contributed by atoms with Crippen LogP contribution in [0.3, 0.4) is 0 Å². The molecule has 0 aliphatic rings. The van der Waals surface area contributed by atoms with Crippen LogP contribution >= 0.6 is 23.2 Å². The fourth-order valence-corrected chi connectivity index (χ4v) is 3.26. The second kappa shape index (κ2) is 10.3. The van der Waals surface area contributed by atoms with Gasteiger partial charge in [-0.05, 0) is 61.9 Å². The van der Waals surface area contributed by atoms with Gasteiger partial charge in [-0.2, -0.15) is 10.2 Å². The summed E-state index contributed by atoms with van der Waals surface area (Å²) in [5, 5.41) is 9.49. The summed E-state index contributed by atoms with van der Waals surface area (Å²) in [6.45, 7) is 4.75. The van der Waals surface area contributed by atoms with Crippen LogP contribution in [-0.4, -0.2) is 21.9 Å². The number of halogens is 2. The van der Waals surface area contributed by atoms with Gasteiger partial charge in [0.15, 0.2) is 0 Å². The summed E-state index contributed by atoms with van der Waals surface area (Å²) in [6, 6.07) is 14.6. The van der Waals surface area contributed by atoms with E-state index >= 15 is 0 Å².